The van der Waals surface area contributed by atoms with Crippen LogP contribution >= 0.6 is 0 Å². The molecule has 1 saturated heterocycles. The van der Waals surface area contributed by atoms with E-state index in [9.17, 15) is 24.1 Å². The number of nitrogens with two attached hydrogens (primary N) is 1. The molecule has 0 saturated carbocycles. The van der Waals surface area contributed by atoms with Gasteiger partial charge in [0.1, 0.15) is 24.0 Å². The highest BCUT2D eigenvalue weighted by molar-refractivity contribution is 6.62. The van der Waals surface area contributed by atoms with Gasteiger partial charge in [0.05, 0.1) is 28.2 Å². The fourth-order valence-electron chi connectivity index (χ4n) is 4.84. The number of anilines is 2. The predicted molar refractivity (Wildman–Crippen MR) is 173 cm³/mol. The molecule has 0 spiro atoms. The van der Waals surface area contributed by atoms with Crippen molar-refractivity contribution in [1.82, 2.24) is 4.98 Å². The Kier molecular flexibility index (Phi) is 10.1. The average molecular weight is 636 g/mol. The standard InChI is InChI=1S/C20H24N4O3.C12H15BFNO4/c1-11(2)6-17(21)20(26)24-14-4-5-15-16-8-19(23-12(3)25)22-9-13(16)10-27-18(15)7-14;1-11(2)12(3,4)19-13(18-11)9-6-5-8(15(16)17)7-10(9)14/h4-5,7-9,11,17H,6,10,21H2,1-3H3,(H,24,26)(H,22,23,25);5-7H,1-4H3/t17-;/m0./s1. The van der Waals surface area contributed by atoms with Crippen LogP contribution in [0.2, 0.25) is 0 Å². The predicted octanol–water partition coefficient (Wildman–Crippen LogP) is 4.94. The van der Waals surface area contributed by atoms with Crippen LogP contribution in [0.15, 0.2) is 48.7 Å². The maximum absolute atomic E-state index is 13.9. The molecule has 0 aliphatic carbocycles. The summed E-state index contributed by atoms with van der Waals surface area (Å²) in [4.78, 5) is 37.7. The number of pyridine rings is 1. The van der Waals surface area contributed by atoms with Gasteiger partial charge in [0.2, 0.25) is 11.8 Å². The number of carbonyl (C=O) groups is 2. The lowest BCUT2D eigenvalue weighted by molar-refractivity contribution is -0.385. The van der Waals surface area contributed by atoms with Crippen LogP contribution in [0.1, 0.15) is 60.5 Å². The lowest BCUT2D eigenvalue weighted by Gasteiger charge is -2.32. The molecule has 2 amide bonds. The monoisotopic (exact) mass is 635 g/mol. The second-order valence-corrected chi connectivity index (χ2v) is 12.7. The highest BCUT2D eigenvalue weighted by Gasteiger charge is 2.52. The summed E-state index contributed by atoms with van der Waals surface area (Å²) in [5.41, 5.74) is 8.07. The van der Waals surface area contributed by atoms with Gasteiger partial charge in [-0.1, -0.05) is 19.9 Å². The molecular weight excluding hydrogens is 596 g/mol. The van der Waals surface area contributed by atoms with Gasteiger partial charge in [-0.15, -0.1) is 0 Å². The van der Waals surface area contributed by atoms with Crippen LogP contribution in [0, 0.1) is 21.8 Å². The summed E-state index contributed by atoms with van der Waals surface area (Å²) in [5, 5.41) is 16.1. The van der Waals surface area contributed by atoms with Gasteiger partial charge in [-0.25, -0.2) is 9.37 Å². The fourth-order valence-corrected chi connectivity index (χ4v) is 4.84. The molecule has 0 unspecified atom stereocenters. The molecule has 5 rings (SSSR count). The largest absolute Gasteiger partial charge is 0.497 e. The molecule has 2 aliphatic heterocycles. The number of hydrogen-bond donors (Lipinski definition) is 3. The molecule has 1 fully saturated rings. The number of non-ortho nitro benzene ring substituents is 1. The lowest BCUT2D eigenvalue weighted by atomic mass is 9.78. The van der Waals surface area contributed by atoms with E-state index in [1.54, 1.807) is 12.3 Å². The number of nitrogens with zero attached hydrogens (tertiary/aromatic N) is 2. The molecule has 3 heterocycles. The van der Waals surface area contributed by atoms with Gasteiger partial charge in [0.25, 0.3) is 5.69 Å². The van der Waals surface area contributed by atoms with E-state index in [4.69, 9.17) is 19.8 Å². The Bertz CT molecular complexity index is 1630. The molecule has 2 aromatic carbocycles. The summed E-state index contributed by atoms with van der Waals surface area (Å²) in [5.74, 6) is 0.416. The second-order valence-electron chi connectivity index (χ2n) is 12.7. The van der Waals surface area contributed by atoms with Gasteiger partial charge in [-0.2, -0.15) is 0 Å². The zero-order valence-corrected chi connectivity index (χ0v) is 27.0. The molecular formula is C32H39BFN5O7. The molecule has 0 radical (unpaired) electrons. The van der Waals surface area contributed by atoms with Crippen molar-refractivity contribution in [2.45, 2.75) is 78.7 Å². The molecule has 12 nitrogen and oxygen atoms in total. The molecule has 14 heteroatoms. The number of amides is 2. The number of ether oxygens (including phenoxy) is 1. The minimum atomic E-state index is -0.856. The summed E-state index contributed by atoms with van der Waals surface area (Å²) in [6.07, 6.45) is 2.32. The molecule has 1 aromatic heterocycles. The maximum atomic E-state index is 13.9. The van der Waals surface area contributed by atoms with E-state index in [2.05, 4.69) is 15.6 Å². The SMILES string of the molecule is CC(=O)Nc1cc2c(cn1)COc1cc(NC(=O)[C@@H](N)CC(C)C)ccc1-2.CC1(C)OB(c2ccc([N+](=O)[O-])cc2F)OC1(C)C. The fraction of sp³-hybridized carbons (Fsp3) is 0.406. The smallest absolute Gasteiger partial charge is 0.488 e. The van der Waals surface area contributed by atoms with Crippen molar-refractivity contribution in [2.75, 3.05) is 10.6 Å². The van der Waals surface area contributed by atoms with Gasteiger partial charge in [0.15, 0.2) is 0 Å². The normalized spacial score (nSPS) is 16.3. The number of nitro groups is 1. The second kappa shape index (κ2) is 13.5. The Morgan fingerprint density at radius 2 is 1.74 bits per heavy atom. The van der Waals surface area contributed by atoms with Crippen molar-refractivity contribution in [3.63, 3.8) is 0 Å². The molecule has 46 heavy (non-hydrogen) atoms. The van der Waals surface area contributed by atoms with E-state index in [1.165, 1.54) is 19.1 Å². The zero-order chi connectivity index (χ0) is 34.0. The van der Waals surface area contributed by atoms with Crippen LogP contribution in [0.25, 0.3) is 11.1 Å². The number of hydrogen-bond acceptors (Lipinski definition) is 9. The molecule has 4 N–H and O–H groups in total. The number of aromatic nitrogens is 1. The summed E-state index contributed by atoms with van der Waals surface area (Å²) in [6.45, 7) is 13.3. The van der Waals surface area contributed by atoms with Crippen molar-refractivity contribution in [1.29, 1.82) is 0 Å². The first kappa shape index (κ1) is 34.5. The Hall–Kier alpha value is -4.40. The Labute approximate surface area is 267 Å². The van der Waals surface area contributed by atoms with Crippen LogP contribution in [0.5, 0.6) is 5.75 Å². The number of benzene rings is 2. The lowest BCUT2D eigenvalue weighted by Crippen LogP contribution is -2.41. The van der Waals surface area contributed by atoms with E-state index in [0.29, 0.717) is 36.2 Å². The van der Waals surface area contributed by atoms with Crippen molar-refractivity contribution in [3.05, 3.63) is 70.2 Å². The third-order valence-electron chi connectivity index (χ3n) is 7.98. The first-order valence-corrected chi connectivity index (χ1v) is 14.9. The van der Waals surface area contributed by atoms with E-state index < -0.39 is 35.1 Å². The van der Waals surface area contributed by atoms with Crippen molar-refractivity contribution in [3.8, 4) is 16.9 Å². The summed E-state index contributed by atoms with van der Waals surface area (Å²) >= 11 is 0. The first-order valence-electron chi connectivity index (χ1n) is 14.9. The molecule has 2 aliphatic rings. The van der Waals surface area contributed by atoms with Crippen molar-refractivity contribution >= 4 is 41.6 Å². The molecule has 3 aromatic rings. The van der Waals surface area contributed by atoms with Gasteiger partial charge in [0, 0.05) is 47.5 Å². The van der Waals surface area contributed by atoms with Gasteiger partial charge >= 0.3 is 7.12 Å². The molecule has 1 atom stereocenters. The Balaban J connectivity index is 0.000000222. The number of halogens is 1. The summed E-state index contributed by atoms with van der Waals surface area (Å²) < 4.78 is 31.1. The first-order chi connectivity index (χ1) is 21.5. The summed E-state index contributed by atoms with van der Waals surface area (Å²) in [6, 6.07) is 10.2. The van der Waals surface area contributed by atoms with Crippen LogP contribution in [0.3, 0.4) is 0 Å². The van der Waals surface area contributed by atoms with E-state index in [-0.39, 0.29) is 23.0 Å². The van der Waals surface area contributed by atoms with Crippen molar-refractivity contribution in [2.24, 2.45) is 11.7 Å². The van der Waals surface area contributed by atoms with E-state index in [0.717, 1.165) is 22.8 Å². The van der Waals surface area contributed by atoms with Crippen LogP contribution in [-0.4, -0.2) is 46.1 Å². The minimum Gasteiger partial charge on any atom is -0.488 e. The number of nitro benzene ring substituents is 1. The highest BCUT2D eigenvalue weighted by atomic mass is 19.1. The van der Waals surface area contributed by atoms with Crippen LogP contribution in [0.4, 0.5) is 21.6 Å². The molecule has 244 valence electrons. The van der Waals surface area contributed by atoms with Crippen molar-refractivity contribution < 1.29 is 32.9 Å². The van der Waals surface area contributed by atoms with Crippen LogP contribution < -0.4 is 26.6 Å². The quantitative estimate of drug-likeness (QED) is 0.185. The maximum Gasteiger partial charge on any atom is 0.497 e. The van der Waals surface area contributed by atoms with E-state index in [1.807, 2.05) is 59.7 Å². The number of nitrogens with one attached hydrogen (secondary N) is 2. The van der Waals surface area contributed by atoms with Gasteiger partial charge in [-0.3, -0.25) is 19.7 Å². The van der Waals surface area contributed by atoms with Gasteiger partial charge in [-0.05, 0) is 63.8 Å². The third kappa shape index (κ3) is 7.87. The number of fused-ring (bicyclic) bond motifs is 3. The third-order valence-corrected chi connectivity index (χ3v) is 7.98. The highest BCUT2D eigenvalue weighted by Crippen LogP contribution is 2.40. The number of rotatable bonds is 7. The Morgan fingerprint density at radius 1 is 1.07 bits per heavy atom. The topological polar surface area (TPSA) is 168 Å². The minimum absolute atomic E-state index is 0.171. The van der Waals surface area contributed by atoms with E-state index >= 15 is 0 Å². The van der Waals surface area contributed by atoms with Gasteiger partial charge < -0.3 is 30.4 Å². The zero-order valence-electron chi connectivity index (χ0n) is 27.0. The molecule has 0 bridgehead atoms. The Morgan fingerprint density at radius 3 is 2.33 bits per heavy atom. The average Bonchev–Trinajstić information content (AvgIpc) is 3.18. The van der Waals surface area contributed by atoms with Crippen LogP contribution in [-0.2, 0) is 25.5 Å². The summed E-state index contributed by atoms with van der Waals surface area (Å²) in [7, 11) is -0.856. The number of carbonyl (C=O) groups excluding carboxylic acids is 2.